The van der Waals surface area contributed by atoms with Gasteiger partial charge in [0.2, 0.25) is 0 Å². The molecule has 15 heavy (non-hydrogen) atoms. The molecule has 1 atom stereocenters. The Morgan fingerprint density at radius 1 is 1.40 bits per heavy atom. The molecule has 0 amide bonds. The summed E-state index contributed by atoms with van der Waals surface area (Å²) in [7, 11) is 0. The molecule has 90 valence electrons. The highest BCUT2D eigenvalue weighted by Gasteiger charge is 2.14. The second-order valence-electron chi connectivity index (χ2n) is 4.43. The van der Waals surface area contributed by atoms with Crippen molar-refractivity contribution in [2.75, 3.05) is 32.2 Å². The molecule has 0 aromatic rings. The summed E-state index contributed by atoms with van der Waals surface area (Å²) in [6, 6.07) is 0. The molecule has 2 nitrogen and oxygen atoms in total. The van der Waals surface area contributed by atoms with Crippen LogP contribution < -0.4 is 0 Å². The summed E-state index contributed by atoms with van der Waals surface area (Å²) in [5.74, 6) is 2.31. The first kappa shape index (κ1) is 13.3. The Hall–Kier alpha value is 0.270. The minimum atomic E-state index is 0.637. The first-order chi connectivity index (χ1) is 7.36. The number of rotatable bonds is 7. The number of ether oxygens (including phenoxy) is 2. The van der Waals surface area contributed by atoms with Crippen LogP contribution in [-0.2, 0) is 9.47 Å². The molecule has 1 heterocycles. The van der Waals surface area contributed by atoms with E-state index in [2.05, 4.69) is 19.6 Å². The van der Waals surface area contributed by atoms with Gasteiger partial charge >= 0.3 is 0 Å². The quantitative estimate of drug-likeness (QED) is 0.680. The number of hydrogen-bond acceptors (Lipinski definition) is 3. The molecule has 0 bridgehead atoms. The largest absolute Gasteiger partial charge is 0.381 e. The topological polar surface area (TPSA) is 18.5 Å². The second kappa shape index (κ2) is 8.43. The average Bonchev–Trinajstić information content (AvgIpc) is 2.29. The zero-order valence-electron chi connectivity index (χ0n) is 9.78. The van der Waals surface area contributed by atoms with Gasteiger partial charge in [-0.3, -0.25) is 0 Å². The second-order valence-corrected chi connectivity index (χ2v) is 4.80. The Morgan fingerprint density at radius 3 is 2.73 bits per heavy atom. The zero-order chi connectivity index (χ0) is 10.9. The zero-order valence-corrected chi connectivity index (χ0v) is 10.7. The molecule has 0 saturated carbocycles. The van der Waals surface area contributed by atoms with Crippen LogP contribution in [0.15, 0.2) is 0 Å². The van der Waals surface area contributed by atoms with Crippen LogP contribution in [-0.4, -0.2) is 32.2 Å². The highest BCUT2D eigenvalue weighted by molar-refractivity contribution is 7.80. The summed E-state index contributed by atoms with van der Waals surface area (Å²) in [4.78, 5) is 0. The van der Waals surface area contributed by atoms with Crippen LogP contribution in [0.25, 0.3) is 0 Å². The summed E-state index contributed by atoms with van der Waals surface area (Å²) >= 11 is 4.35. The van der Waals surface area contributed by atoms with E-state index in [0.717, 1.165) is 38.1 Å². The fourth-order valence-corrected chi connectivity index (χ4v) is 2.24. The molecule has 0 aromatic heterocycles. The van der Waals surface area contributed by atoms with E-state index in [1.807, 2.05) is 0 Å². The van der Waals surface area contributed by atoms with Crippen molar-refractivity contribution in [3.05, 3.63) is 0 Å². The van der Waals surface area contributed by atoms with Gasteiger partial charge in [-0.2, -0.15) is 12.6 Å². The van der Waals surface area contributed by atoms with Crippen LogP contribution in [0.3, 0.4) is 0 Å². The van der Waals surface area contributed by atoms with E-state index in [0.29, 0.717) is 5.92 Å². The Kier molecular flexibility index (Phi) is 7.49. The van der Waals surface area contributed by atoms with Crippen molar-refractivity contribution in [1.82, 2.24) is 0 Å². The summed E-state index contributed by atoms with van der Waals surface area (Å²) < 4.78 is 11.1. The standard InChI is InChI=1S/C12H24O2S/c1-2-3-12(10-15)9-14-8-11-4-6-13-7-5-11/h11-12,15H,2-10H2,1H3. The lowest BCUT2D eigenvalue weighted by atomic mass is 10.0. The molecule has 1 fully saturated rings. The van der Waals surface area contributed by atoms with Gasteiger partial charge in [0, 0.05) is 19.8 Å². The highest BCUT2D eigenvalue weighted by Crippen LogP contribution is 2.16. The third-order valence-electron chi connectivity index (χ3n) is 3.00. The van der Waals surface area contributed by atoms with Gasteiger partial charge in [-0.15, -0.1) is 0 Å². The first-order valence-corrected chi connectivity index (χ1v) is 6.76. The molecular formula is C12H24O2S. The van der Waals surface area contributed by atoms with E-state index in [1.165, 1.54) is 25.7 Å². The fraction of sp³-hybridized carbons (Fsp3) is 1.00. The minimum Gasteiger partial charge on any atom is -0.381 e. The van der Waals surface area contributed by atoms with Crippen molar-refractivity contribution in [2.45, 2.75) is 32.6 Å². The van der Waals surface area contributed by atoms with Gasteiger partial charge in [-0.05, 0) is 36.9 Å². The van der Waals surface area contributed by atoms with Crippen LogP contribution >= 0.6 is 12.6 Å². The van der Waals surface area contributed by atoms with Crippen LogP contribution in [0.1, 0.15) is 32.6 Å². The third-order valence-corrected chi connectivity index (χ3v) is 3.52. The molecule has 0 spiro atoms. The van der Waals surface area contributed by atoms with Gasteiger partial charge in [-0.25, -0.2) is 0 Å². The Morgan fingerprint density at radius 2 is 2.13 bits per heavy atom. The summed E-state index contributed by atoms with van der Waals surface area (Å²) in [6.45, 7) is 5.85. The van der Waals surface area contributed by atoms with Gasteiger partial charge in [0.1, 0.15) is 0 Å². The van der Waals surface area contributed by atoms with E-state index in [9.17, 15) is 0 Å². The lowest BCUT2D eigenvalue weighted by Gasteiger charge is -2.23. The molecule has 1 rings (SSSR count). The number of hydrogen-bond donors (Lipinski definition) is 1. The minimum absolute atomic E-state index is 0.637. The fourth-order valence-electron chi connectivity index (χ4n) is 1.95. The van der Waals surface area contributed by atoms with Crippen molar-refractivity contribution < 1.29 is 9.47 Å². The van der Waals surface area contributed by atoms with Crippen LogP contribution in [0.5, 0.6) is 0 Å². The molecule has 1 aliphatic rings. The van der Waals surface area contributed by atoms with Crippen molar-refractivity contribution in [3.63, 3.8) is 0 Å². The Balaban J connectivity index is 2.03. The monoisotopic (exact) mass is 232 g/mol. The highest BCUT2D eigenvalue weighted by atomic mass is 32.1. The lowest BCUT2D eigenvalue weighted by molar-refractivity contribution is 0.0126. The van der Waals surface area contributed by atoms with E-state index >= 15 is 0 Å². The molecule has 0 N–H and O–H groups in total. The Labute approximate surface area is 99.1 Å². The Bertz CT molecular complexity index is 142. The number of thiol groups is 1. The SMILES string of the molecule is CCCC(CS)COCC1CCOCC1. The molecule has 0 radical (unpaired) electrons. The predicted molar refractivity (Wildman–Crippen MR) is 66.6 cm³/mol. The average molecular weight is 232 g/mol. The smallest absolute Gasteiger partial charge is 0.0502 e. The van der Waals surface area contributed by atoms with Gasteiger partial charge in [-0.1, -0.05) is 13.3 Å². The van der Waals surface area contributed by atoms with Crippen LogP contribution in [0, 0.1) is 11.8 Å². The molecule has 0 aromatic carbocycles. The first-order valence-electron chi connectivity index (χ1n) is 6.13. The summed E-state index contributed by atoms with van der Waals surface area (Å²) in [5, 5.41) is 0. The van der Waals surface area contributed by atoms with E-state index in [-0.39, 0.29) is 0 Å². The van der Waals surface area contributed by atoms with Gasteiger partial charge in [0.05, 0.1) is 6.61 Å². The van der Waals surface area contributed by atoms with E-state index < -0.39 is 0 Å². The van der Waals surface area contributed by atoms with Crippen molar-refractivity contribution >= 4 is 12.6 Å². The summed E-state index contributed by atoms with van der Waals surface area (Å²) in [5.41, 5.74) is 0. The lowest BCUT2D eigenvalue weighted by Crippen LogP contribution is -2.22. The van der Waals surface area contributed by atoms with Crippen molar-refractivity contribution in [1.29, 1.82) is 0 Å². The van der Waals surface area contributed by atoms with Crippen LogP contribution in [0.2, 0.25) is 0 Å². The van der Waals surface area contributed by atoms with Gasteiger partial charge < -0.3 is 9.47 Å². The van der Waals surface area contributed by atoms with Crippen molar-refractivity contribution in [2.24, 2.45) is 11.8 Å². The van der Waals surface area contributed by atoms with Gasteiger partial charge in [0.25, 0.3) is 0 Å². The molecule has 1 saturated heterocycles. The van der Waals surface area contributed by atoms with Crippen molar-refractivity contribution in [3.8, 4) is 0 Å². The summed E-state index contributed by atoms with van der Waals surface area (Å²) in [6.07, 6.45) is 4.79. The molecular weight excluding hydrogens is 208 g/mol. The van der Waals surface area contributed by atoms with Gasteiger partial charge in [0.15, 0.2) is 0 Å². The molecule has 0 aliphatic carbocycles. The third kappa shape index (κ3) is 5.79. The van der Waals surface area contributed by atoms with E-state index in [4.69, 9.17) is 9.47 Å². The molecule has 3 heteroatoms. The normalized spacial score (nSPS) is 20.4. The van der Waals surface area contributed by atoms with E-state index in [1.54, 1.807) is 0 Å². The van der Waals surface area contributed by atoms with Crippen LogP contribution in [0.4, 0.5) is 0 Å². The molecule has 1 aliphatic heterocycles. The maximum absolute atomic E-state index is 5.77. The molecule has 1 unspecified atom stereocenters. The predicted octanol–water partition coefficient (Wildman–Crippen LogP) is 2.78. The maximum Gasteiger partial charge on any atom is 0.0502 e. The maximum atomic E-state index is 5.77.